The van der Waals surface area contributed by atoms with E-state index in [0.29, 0.717) is 10.6 Å². The van der Waals surface area contributed by atoms with Gasteiger partial charge in [0.15, 0.2) is 7.14 Å². The minimum atomic E-state index is -4.00. The molecular formula is C20H19O4PS. The molecule has 0 aliphatic carbocycles. The van der Waals surface area contributed by atoms with Crippen molar-refractivity contribution < 1.29 is 17.2 Å². The lowest BCUT2D eigenvalue weighted by atomic mass is 10.2. The van der Waals surface area contributed by atoms with E-state index < -0.39 is 23.6 Å². The molecule has 0 aliphatic rings. The minimum Gasteiger partial charge on any atom is -0.311 e. The Balaban J connectivity index is 1.95. The molecule has 0 aliphatic heterocycles. The first-order chi connectivity index (χ1) is 12.4. The first-order valence-electron chi connectivity index (χ1n) is 8.08. The van der Waals surface area contributed by atoms with E-state index in [1.54, 1.807) is 60.7 Å². The van der Waals surface area contributed by atoms with Gasteiger partial charge in [0.05, 0.1) is 4.90 Å². The van der Waals surface area contributed by atoms with Crippen LogP contribution in [-0.2, 0) is 18.9 Å². The number of benzene rings is 3. The van der Waals surface area contributed by atoms with Gasteiger partial charge >= 0.3 is 0 Å². The zero-order valence-electron chi connectivity index (χ0n) is 14.3. The average molecular weight is 386 g/mol. The zero-order chi connectivity index (χ0) is 18.6. The molecule has 3 aromatic rings. The highest BCUT2D eigenvalue weighted by Gasteiger charge is 2.30. The summed E-state index contributed by atoms with van der Waals surface area (Å²) in [6.45, 7) is 1.87. The molecule has 0 bridgehead atoms. The van der Waals surface area contributed by atoms with Gasteiger partial charge in [-0.2, -0.15) is 8.42 Å². The Hall–Kier alpha value is -2.20. The van der Waals surface area contributed by atoms with Crippen molar-refractivity contribution in [2.45, 2.75) is 11.8 Å². The molecule has 26 heavy (non-hydrogen) atoms. The predicted octanol–water partition coefficient (Wildman–Crippen LogP) is 3.67. The largest absolute Gasteiger partial charge is 0.311 e. The normalized spacial score (nSPS) is 12.0. The third-order valence-corrected chi connectivity index (χ3v) is 8.26. The summed E-state index contributed by atoms with van der Waals surface area (Å²) < 4.78 is 44.0. The first-order valence-corrected chi connectivity index (χ1v) is 11.4. The Kier molecular flexibility index (Phi) is 5.42. The Morgan fingerprint density at radius 2 is 1.23 bits per heavy atom. The lowest BCUT2D eigenvalue weighted by Crippen LogP contribution is -2.21. The molecule has 0 heterocycles. The molecule has 0 unspecified atom stereocenters. The summed E-state index contributed by atoms with van der Waals surface area (Å²) in [7, 11) is -7.25. The number of hydrogen-bond donors (Lipinski definition) is 0. The van der Waals surface area contributed by atoms with Gasteiger partial charge in [-0.25, -0.2) is 0 Å². The van der Waals surface area contributed by atoms with Crippen molar-refractivity contribution in [3.63, 3.8) is 0 Å². The summed E-state index contributed by atoms with van der Waals surface area (Å²) >= 11 is 0. The molecule has 0 aromatic heterocycles. The fraction of sp³-hybridized carbons (Fsp3) is 0.100. The molecule has 3 rings (SSSR count). The molecule has 0 amide bonds. The fourth-order valence-electron chi connectivity index (χ4n) is 2.55. The van der Waals surface area contributed by atoms with Crippen molar-refractivity contribution in [3.8, 4) is 0 Å². The molecule has 0 fully saturated rings. The third kappa shape index (κ3) is 3.96. The summed E-state index contributed by atoms with van der Waals surface area (Å²) in [5, 5.41) is 1.12. The van der Waals surface area contributed by atoms with Crippen LogP contribution < -0.4 is 10.6 Å². The second-order valence-electron chi connectivity index (χ2n) is 5.92. The van der Waals surface area contributed by atoms with Gasteiger partial charge in [-0.05, 0) is 19.1 Å². The van der Waals surface area contributed by atoms with Gasteiger partial charge in [0.25, 0.3) is 10.1 Å². The van der Waals surface area contributed by atoms with E-state index in [1.807, 2.05) is 19.1 Å². The Morgan fingerprint density at radius 1 is 0.769 bits per heavy atom. The van der Waals surface area contributed by atoms with E-state index in [9.17, 15) is 13.0 Å². The predicted molar refractivity (Wildman–Crippen MR) is 104 cm³/mol. The molecule has 0 spiro atoms. The van der Waals surface area contributed by atoms with Crippen molar-refractivity contribution in [3.05, 3.63) is 90.5 Å². The van der Waals surface area contributed by atoms with Crippen LogP contribution >= 0.6 is 7.14 Å². The molecule has 6 heteroatoms. The number of rotatable bonds is 6. The van der Waals surface area contributed by atoms with E-state index in [0.717, 1.165) is 5.56 Å². The second kappa shape index (κ2) is 7.58. The topological polar surface area (TPSA) is 60.4 Å². The second-order valence-corrected chi connectivity index (χ2v) is 10.3. The number of aryl methyl sites for hydroxylation is 1. The van der Waals surface area contributed by atoms with Crippen LogP contribution in [0.25, 0.3) is 0 Å². The monoisotopic (exact) mass is 386 g/mol. The van der Waals surface area contributed by atoms with Crippen LogP contribution in [0.2, 0.25) is 0 Å². The Bertz CT molecular complexity index is 971. The van der Waals surface area contributed by atoms with Gasteiger partial charge in [0, 0.05) is 10.6 Å². The van der Waals surface area contributed by atoms with E-state index in [2.05, 4.69) is 0 Å². The van der Waals surface area contributed by atoms with E-state index in [-0.39, 0.29) is 4.90 Å². The molecular weight excluding hydrogens is 367 g/mol. The molecule has 4 nitrogen and oxygen atoms in total. The van der Waals surface area contributed by atoms with Gasteiger partial charge in [-0.3, -0.25) is 4.18 Å². The maximum atomic E-state index is 13.8. The molecule has 0 radical (unpaired) electrons. The first kappa shape index (κ1) is 18.6. The standard InChI is InChI=1S/C20H19O4PS/c1-17-12-14-20(15-13-17)26(22,23)24-16-25(21,18-8-4-2-5-9-18)19-10-6-3-7-11-19/h2-15H,16H2,1H3. The van der Waals surface area contributed by atoms with Crippen LogP contribution in [0.3, 0.4) is 0 Å². The third-order valence-electron chi connectivity index (χ3n) is 4.05. The molecule has 0 saturated carbocycles. The molecule has 3 aromatic carbocycles. The molecule has 134 valence electrons. The SMILES string of the molecule is Cc1ccc(S(=O)(=O)OCP(=O)(c2ccccc2)c2ccccc2)cc1. The average Bonchev–Trinajstić information content (AvgIpc) is 2.68. The fourth-order valence-corrected chi connectivity index (χ4v) is 6.21. The van der Waals surface area contributed by atoms with Crippen LogP contribution in [0.4, 0.5) is 0 Å². The Morgan fingerprint density at radius 3 is 1.69 bits per heavy atom. The van der Waals surface area contributed by atoms with Gasteiger partial charge in [-0.1, -0.05) is 78.4 Å². The van der Waals surface area contributed by atoms with E-state index >= 15 is 0 Å². The van der Waals surface area contributed by atoms with Crippen LogP contribution in [0.15, 0.2) is 89.8 Å². The summed E-state index contributed by atoms with van der Waals surface area (Å²) in [5.74, 6) is 0. The van der Waals surface area contributed by atoms with Crippen molar-refractivity contribution >= 4 is 27.9 Å². The Labute approximate surface area is 154 Å². The van der Waals surface area contributed by atoms with Crippen molar-refractivity contribution in [2.75, 3.05) is 6.35 Å². The molecule has 0 atom stereocenters. The highest BCUT2D eigenvalue weighted by Crippen LogP contribution is 2.43. The summed E-state index contributed by atoms with van der Waals surface area (Å²) in [6.07, 6.45) is -0.419. The van der Waals surface area contributed by atoms with E-state index in [1.165, 1.54) is 12.1 Å². The maximum Gasteiger partial charge on any atom is 0.297 e. The zero-order valence-corrected chi connectivity index (χ0v) is 16.0. The van der Waals surface area contributed by atoms with Crippen LogP contribution in [0.5, 0.6) is 0 Å². The molecule has 0 saturated heterocycles. The van der Waals surface area contributed by atoms with Gasteiger partial charge in [0.2, 0.25) is 0 Å². The summed E-state index contributed by atoms with van der Waals surface area (Å²) in [6, 6.07) is 24.1. The highest BCUT2D eigenvalue weighted by molar-refractivity contribution is 7.87. The van der Waals surface area contributed by atoms with Crippen LogP contribution in [0.1, 0.15) is 5.56 Å². The van der Waals surface area contributed by atoms with Gasteiger partial charge in [-0.15, -0.1) is 0 Å². The van der Waals surface area contributed by atoms with Crippen molar-refractivity contribution in [1.82, 2.24) is 0 Å². The van der Waals surface area contributed by atoms with E-state index in [4.69, 9.17) is 4.18 Å². The lowest BCUT2D eigenvalue weighted by Gasteiger charge is -2.19. The van der Waals surface area contributed by atoms with Crippen molar-refractivity contribution in [1.29, 1.82) is 0 Å². The number of hydrogen-bond acceptors (Lipinski definition) is 4. The summed E-state index contributed by atoms with van der Waals surface area (Å²) in [4.78, 5) is 0.0516. The maximum absolute atomic E-state index is 13.8. The van der Waals surface area contributed by atoms with Gasteiger partial charge < -0.3 is 4.57 Å². The van der Waals surface area contributed by atoms with Gasteiger partial charge in [0.1, 0.15) is 6.35 Å². The summed E-state index contributed by atoms with van der Waals surface area (Å²) in [5.41, 5.74) is 0.947. The lowest BCUT2D eigenvalue weighted by molar-refractivity contribution is 0.371. The highest BCUT2D eigenvalue weighted by atomic mass is 32.2. The minimum absolute atomic E-state index is 0.0516. The van der Waals surface area contributed by atoms with Crippen molar-refractivity contribution in [2.24, 2.45) is 0 Å². The van der Waals surface area contributed by atoms with Crippen LogP contribution in [0, 0.1) is 6.92 Å². The smallest absolute Gasteiger partial charge is 0.297 e. The molecule has 0 N–H and O–H groups in total. The van der Waals surface area contributed by atoms with Crippen LogP contribution in [-0.4, -0.2) is 14.8 Å². The quantitative estimate of drug-likeness (QED) is 0.479.